The molecule has 2 N–H and O–H groups in total. The molecule has 21 heavy (non-hydrogen) atoms. The van der Waals surface area contributed by atoms with Crippen LogP contribution >= 0.6 is 0 Å². The van der Waals surface area contributed by atoms with Crippen molar-refractivity contribution in [3.05, 3.63) is 53.5 Å². The van der Waals surface area contributed by atoms with E-state index >= 15 is 0 Å². The zero-order valence-electron chi connectivity index (χ0n) is 12.1. The number of hydrogen-bond acceptors (Lipinski definition) is 4. The van der Waals surface area contributed by atoms with E-state index in [0.717, 1.165) is 11.1 Å². The first-order chi connectivity index (χ1) is 10.1. The number of rotatable bonds is 6. The lowest BCUT2D eigenvalue weighted by Crippen LogP contribution is -2.32. The zero-order chi connectivity index (χ0) is 15.2. The van der Waals surface area contributed by atoms with Crippen LogP contribution in [0.25, 0.3) is 0 Å². The van der Waals surface area contributed by atoms with Crippen molar-refractivity contribution in [2.24, 2.45) is 0 Å². The Labute approximate surface area is 123 Å². The Hall–Kier alpha value is -2.27. The van der Waals surface area contributed by atoms with Crippen LogP contribution in [0.3, 0.4) is 0 Å². The number of benzene rings is 1. The second-order valence-corrected chi connectivity index (χ2v) is 4.89. The Kier molecular flexibility index (Phi) is 5.00. The number of ether oxygens (including phenoxy) is 1. The van der Waals surface area contributed by atoms with Crippen LogP contribution < -0.4 is 10.1 Å². The summed E-state index contributed by atoms with van der Waals surface area (Å²) >= 11 is 0. The standard InChI is InChI=1S/C16H19NO4/c1-11-5-6-14(12(2)8-11)21-10-16(19)17-9-13(18)15-4-3-7-20-15/h3-8,13,18H,9-10H2,1-2H3,(H,17,19). The molecule has 1 heterocycles. The lowest BCUT2D eigenvalue weighted by molar-refractivity contribution is -0.123. The van der Waals surface area contributed by atoms with Crippen molar-refractivity contribution in [3.63, 3.8) is 0 Å². The molecule has 0 aliphatic carbocycles. The molecule has 0 saturated heterocycles. The molecule has 1 unspecified atom stereocenters. The molecule has 1 aromatic heterocycles. The van der Waals surface area contributed by atoms with E-state index in [2.05, 4.69) is 5.32 Å². The molecule has 5 nitrogen and oxygen atoms in total. The van der Waals surface area contributed by atoms with Crippen LogP contribution in [-0.2, 0) is 4.79 Å². The van der Waals surface area contributed by atoms with Gasteiger partial charge in [0.15, 0.2) is 6.61 Å². The van der Waals surface area contributed by atoms with Gasteiger partial charge in [0.1, 0.15) is 17.6 Å². The van der Waals surface area contributed by atoms with Crippen molar-refractivity contribution < 1.29 is 19.1 Å². The zero-order valence-corrected chi connectivity index (χ0v) is 12.1. The second kappa shape index (κ2) is 6.95. The summed E-state index contributed by atoms with van der Waals surface area (Å²) in [6.45, 7) is 3.93. The maximum atomic E-state index is 11.7. The molecule has 1 aromatic carbocycles. The molecule has 0 radical (unpaired) electrons. The Morgan fingerprint density at radius 2 is 2.19 bits per heavy atom. The van der Waals surface area contributed by atoms with Crippen molar-refractivity contribution in [2.75, 3.05) is 13.2 Å². The van der Waals surface area contributed by atoms with Crippen molar-refractivity contribution >= 4 is 5.91 Å². The van der Waals surface area contributed by atoms with Gasteiger partial charge < -0.3 is 19.6 Å². The minimum atomic E-state index is -0.856. The minimum Gasteiger partial charge on any atom is -0.484 e. The van der Waals surface area contributed by atoms with E-state index in [0.29, 0.717) is 11.5 Å². The average molecular weight is 289 g/mol. The monoisotopic (exact) mass is 289 g/mol. The molecule has 1 atom stereocenters. The van der Waals surface area contributed by atoms with E-state index < -0.39 is 6.10 Å². The normalized spacial score (nSPS) is 12.0. The molecule has 2 rings (SSSR count). The van der Waals surface area contributed by atoms with Gasteiger partial charge in [-0.25, -0.2) is 0 Å². The summed E-state index contributed by atoms with van der Waals surface area (Å²) < 4.78 is 10.5. The van der Waals surface area contributed by atoms with E-state index in [9.17, 15) is 9.90 Å². The summed E-state index contributed by atoms with van der Waals surface area (Å²) in [6, 6.07) is 9.11. The number of amides is 1. The molecule has 0 fully saturated rings. The number of aliphatic hydroxyl groups excluding tert-OH is 1. The highest BCUT2D eigenvalue weighted by atomic mass is 16.5. The van der Waals surface area contributed by atoms with Crippen LogP contribution in [0.4, 0.5) is 0 Å². The third-order valence-corrected chi connectivity index (χ3v) is 3.05. The van der Waals surface area contributed by atoms with E-state index in [1.54, 1.807) is 12.1 Å². The number of carbonyl (C=O) groups is 1. The predicted octanol–water partition coefficient (Wildman–Crippen LogP) is 2.13. The van der Waals surface area contributed by atoms with E-state index in [-0.39, 0.29) is 19.1 Å². The van der Waals surface area contributed by atoms with Gasteiger partial charge in [-0.1, -0.05) is 17.7 Å². The van der Waals surface area contributed by atoms with Gasteiger partial charge in [-0.05, 0) is 37.6 Å². The molecule has 0 saturated carbocycles. The van der Waals surface area contributed by atoms with Crippen LogP contribution in [0.1, 0.15) is 23.0 Å². The Morgan fingerprint density at radius 3 is 2.86 bits per heavy atom. The quantitative estimate of drug-likeness (QED) is 0.854. The summed E-state index contributed by atoms with van der Waals surface area (Å²) in [5.41, 5.74) is 2.13. The largest absolute Gasteiger partial charge is 0.484 e. The molecule has 1 amide bonds. The Bertz CT molecular complexity index is 592. The summed E-state index contributed by atoms with van der Waals surface area (Å²) in [5.74, 6) is 0.813. The van der Waals surface area contributed by atoms with Gasteiger partial charge in [-0.2, -0.15) is 0 Å². The molecule has 0 aliphatic heterocycles. The first kappa shape index (κ1) is 15.1. The maximum Gasteiger partial charge on any atom is 0.258 e. The lowest BCUT2D eigenvalue weighted by Gasteiger charge is -2.12. The van der Waals surface area contributed by atoms with Crippen LogP contribution in [0.5, 0.6) is 5.75 Å². The van der Waals surface area contributed by atoms with Crippen LogP contribution in [0, 0.1) is 13.8 Å². The maximum absolute atomic E-state index is 11.7. The number of nitrogens with one attached hydrogen (secondary N) is 1. The van der Waals surface area contributed by atoms with E-state index in [4.69, 9.17) is 9.15 Å². The highest BCUT2D eigenvalue weighted by Gasteiger charge is 2.12. The average Bonchev–Trinajstić information content (AvgIpc) is 2.98. The first-order valence-corrected chi connectivity index (χ1v) is 6.74. The van der Waals surface area contributed by atoms with Gasteiger partial charge in [-0.15, -0.1) is 0 Å². The number of aliphatic hydroxyl groups is 1. The van der Waals surface area contributed by atoms with E-state index in [1.165, 1.54) is 6.26 Å². The molecule has 5 heteroatoms. The summed E-state index contributed by atoms with van der Waals surface area (Å²) in [6.07, 6.45) is 0.619. The third-order valence-electron chi connectivity index (χ3n) is 3.05. The fraction of sp³-hybridized carbons (Fsp3) is 0.312. The molecule has 112 valence electrons. The number of furan rings is 1. The SMILES string of the molecule is Cc1ccc(OCC(=O)NCC(O)c2ccco2)c(C)c1. The summed E-state index contributed by atoms with van der Waals surface area (Å²) in [7, 11) is 0. The first-order valence-electron chi connectivity index (χ1n) is 6.74. The van der Waals surface area contributed by atoms with Crippen LogP contribution in [-0.4, -0.2) is 24.2 Å². The number of hydrogen-bond donors (Lipinski definition) is 2. The van der Waals surface area contributed by atoms with Crippen LogP contribution in [0.2, 0.25) is 0 Å². The Balaban J connectivity index is 1.77. The number of aryl methyl sites for hydroxylation is 2. The number of carbonyl (C=O) groups excluding carboxylic acids is 1. The van der Waals surface area contributed by atoms with Crippen LogP contribution in [0.15, 0.2) is 41.0 Å². The smallest absolute Gasteiger partial charge is 0.258 e. The molecular weight excluding hydrogens is 270 g/mol. The molecule has 0 spiro atoms. The topological polar surface area (TPSA) is 71.7 Å². The second-order valence-electron chi connectivity index (χ2n) is 4.89. The van der Waals surface area contributed by atoms with Gasteiger partial charge in [-0.3, -0.25) is 4.79 Å². The third kappa shape index (κ3) is 4.36. The lowest BCUT2D eigenvalue weighted by atomic mass is 10.1. The highest BCUT2D eigenvalue weighted by molar-refractivity contribution is 5.77. The Morgan fingerprint density at radius 1 is 1.38 bits per heavy atom. The van der Waals surface area contributed by atoms with E-state index in [1.807, 2.05) is 32.0 Å². The predicted molar refractivity (Wildman–Crippen MR) is 78.1 cm³/mol. The molecular formula is C16H19NO4. The van der Waals surface area contributed by atoms with Gasteiger partial charge in [0.05, 0.1) is 12.8 Å². The minimum absolute atomic E-state index is 0.0859. The molecule has 2 aromatic rings. The van der Waals surface area contributed by atoms with Gasteiger partial charge in [0, 0.05) is 0 Å². The highest BCUT2D eigenvalue weighted by Crippen LogP contribution is 2.18. The fourth-order valence-electron chi connectivity index (χ4n) is 1.95. The van der Waals surface area contributed by atoms with Gasteiger partial charge >= 0.3 is 0 Å². The fourth-order valence-corrected chi connectivity index (χ4v) is 1.95. The van der Waals surface area contributed by atoms with Crippen molar-refractivity contribution in [2.45, 2.75) is 20.0 Å². The van der Waals surface area contributed by atoms with Gasteiger partial charge in [0.25, 0.3) is 5.91 Å². The van der Waals surface area contributed by atoms with Crippen molar-refractivity contribution in [3.8, 4) is 5.75 Å². The van der Waals surface area contributed by atoms with Crippen molar-refractivity contribution in [1.82, 2.24) is 5.32 Å². The summed E-state index contributed by atoms with van der Waals surface area (Å²) in [4.78, 5) is 11.7. The molecule has 0 aliphatic rings. The van der Waals surface area contributed by atoms with Crippen molar-refractivity contribution in [1.29, 1.82) is 0 Å². The van der Waals surface area contributed by atoms with Gasteiger partial charge in [0.2, 0.25) is 0 Å². The molecule has 0 bridgehead atoms. The summed E-state index contributed by atoms with van der Waals surface area (Å²) in [5, 5.41) is 12.4.